The average molecular weight is 422 g/mol. The van der Waals surface area contributed by atoms with Crippen LogP contribution in [0.25, 0.3) is 5.69 Å². The van der Waals surface area contributed by atoms with Crippen molar-refractivity contribution in [2.45, 2.75) is 12.5 Å². The average Bonchev–Trinajstić information content (AvgIpc) is 3.29. The van der Waals surface area contributed by atoms with E-state index in [1.165, 1.54) is 18.5 Å². The quantitative estimate of drug-likeness (QED) is 0.576. The molecule has 0 amide bonds. The minimum atomic E-state index is -0.526. The molecule has 2 aromatic heterocycles. The molecule has 2 atom stereocenters. The second-order valence-electron chi connectivity index (χ2n) is 8.11. The van der Waals surface area contributed by atoms with E-state index in [0.717, 1.165) is 42.5 Å². The highest BCUT2D eigenvalue weighted by atomic mass is 19.1. The highest BCUT2D eigenvalue weighted by molar-refractivity contribution is 5.90. The van der Waals surface area contributed by atoms with Gasteiger partial charge in [-0.1, -0.05) is 0 Å². The van der Waals surface area contributed by atoms with Crippen molar-refractivity contribution in [2.75, 3.05) is 48.4 Å². The highest BCUT2D eigenvalue weighted by Gasteiger charge is 2.44. The highest BCUT2D eigenvalue weighted by Crippen LogP contribution is 2.40. The van der Waals surface area contributed by atoms with Gasteiger partial charge in [-0.05, 0) is 18.6 Å². The Morgan fingerprint density at radius 2 is 1.97 bits per heavy atom. The third-order valence-electron chi connectivity index (χ3n) is 6.16. The molecule has 0 bridgehead atoms. The molecule has 2 aliphatic rings. The first-order valence-corrected chi connectivity index (χ1v) is 10.2. The Bertz CT molecular complexity index is 1100. The molecule has 0 unspecified atom stereocenters. The summed E-state index contributed by atoms with van der Waals surface area (Å²) in [5.41, 5.74) is 1.06. The molecule has 0 saturated carbocycles. The molecule has 31 heavy (non-hydrogen) atoms. The summed E-state index contributed by atoms with van der Waals surface area (Å²) in [4.78, 5) is 28.3. The van der Waals surface area contributed by atoms with Gasteiger partial charge in [0.05, 0.1) is 29.7 Å². The smallest absolute Gasteiger partial charge is 0.154 e. The Kier molecular flexibility index (Phi) is 4.76. The molecule has 5 rings (SSSR count). The SMILES string of the molecule is CN(C)c1cc(N2CC[C@@H]3CN(c4ccc(F)c(-n5nccn5)c4C=O)[C@@H]3C2)ncn1. The molecule has 2 saturated heterocycles. The van der Waals surface area contributed by atoms with Crippen LogP contribution < -0.4 is 14.7 Å². The van der Waals surface area contributed by atoms with E-state index in [-0.39, 0.29) is 17.3 Å². The Morgan fingerprint density at radius 1 is 1.16 bits per heavy atom. The third-order valence-corrected chi connectivity index (χ3v) is 6.16. The summed E-state index contributed by atoms with van der Waals surface area (Å²) in [5.74, 6) is 1.75. The van der Waals surface area contributed by atoms with Gasteiger partial charge in [-0.15, -0.1) is 4.80 Å². The summed E-state index contributed by atoms with van der Waals surface area (Å²) in [7, 11) is 3.90. The summed E-state index contributed by atoms with van der Waals surface area (Å²) >= 11 is 0. The molecule has 160 valence electrons. The molecule has 1 aromatic carbocycles. The summed E-state index contributed by atoms with van der Waals surface area (Å²) in [6, 6.07) is 5.26. The zero-order chi connectivity index (χ0) is 21.5. The molecule has 2 fully saturated rings. The monoisotopic (exact) mass is 422 g/mol. The van der Waals surface area contributed by atoms with Crippen LogP contribution in [0.1, 0.15) is 16.8 Å². The van der Waals surface area contributed by atoms with Crippen LogP contribution in [0.15, 0.2) is 36.9 Å². The maximum atomic E-state index is 14.6. The minimum Gasteiger partial charge on any atom is -0.365 e. The number of carbonyl (C=O) groups is 1. The van der Waals surface area contributed by atoms with E-state index < -0.39 is 5.82 Å². The molecular weight excluding hydrogens is 399 g/mol. The second kappa shape index (κ2) is 7.60. The first kappa shape index (κ1) is 19.4. The first-order chi connectivity index (χ1) is 15.1. The summed E-state index contributed by atoms with van der Waals surface area (Å²) in [6.07, 6.45) is 6.24. The van der Waals surface area contributed by atoms with E-state index in [0.29, 0.717) is 17.9 Å². The van der Waals surface area contributed by atoms with Crippen molar-refractivity contribution >= 4 is 23.6 Å². The number of aromatic nitrogens is 5. The molecule has 0 spiro atoms. The Hall–Kier alpha value is -3.56. The van der Waals surface area contributed by atoms with E-state index in [1.54, 1.807) is 12.4 Å². The van der Waals surface area contributed by atoms with Gasteiger partial charge in [-0.3, -0.25) is 4.79 Å². The Morgan fingerprint density at radius 3 is 2.71 bits per heavy atom. The minimum absolute atomic E-state index is 0.0834. The Balaban J connectivity index is 1.44. The van der Waals surface area contributed by atoms with Crippen LogP contribution in [0.3, 0.4) is 0 Å². The lowest BCUT2D eigenvalue weighted by Crippen LogP contribution is -2.65. The molecule has 3 aromatic rings. The van der Waals surface area contributed by atoms with Crippen LogP contribution in [-0.4, -0.2) is 71.0 Å². The normalized spacial score (nSPS) is 20.2. The predicted octanol–water partition coefficient (Wildman–Crippen LogP) is 1.79. The van der Waals surface area contributed by atoms with Crippen molar-refractivity contribution in [3.8, 4) is 5.69 Å². The summed E-state index contributed by atoms with van der Waals surface area (Å²) in [6.45, 7) is 2.54. The molecule has 10 heteroatoms. The van der Waals surface area contributed by atoms with Crippen molar-refractivity contribution in [1.82, 2.24) is 25.0 Å². The van der Waals surface area contributed by atoms with Crippen molar-refractivity contribution in [3.63, 3.8) is 0 Å². The number of halogens is 1. The van der Waals surface area contributed by atoms with Crippen LogP contribution in [0, 0.1) is 11.7 Å². The van der Waals surface area contributed by atoms with Gasteiger partial charge in [0.1, 0.15) is 23.7 Å². The topological polar surface area (TPSA) is 83.3 Å². The lowest BCUT2D eigenvalue weighted by Gasteiger charge is -2.55. The standard InChI is InChI=1S/C21H23FN8O/c1-27(2)19-9-20(24-13-23-19)28-8-5-14-10-29(18(14)11-28)17-4-3-16(22)21(15(17)12-31)30-25-6-7-26-30/h3-4,6-7,9,12-14,18H,5,8,10-11H2,1-2H3/t14-,18-/m1/s1. The number of hydrogen-bond donors (Lipinski definition) is 0. The lowest BCUT2D eigenvalue weighted by molar-refractivity contribution is 0.112. The van der Waals surface area contributed by atoms with Crippen LogP contribution in [0.4, 0.5) is 21.7 Å². The van der Waals surface area contributed by atoms with Gasteiger partial charge < -0.3 is 14.7 Å². The van der Waals surface area contributed by atoms with Crippen molar-refractivity contribution in [3.05, 3.63) is 48.3 Å². The van der Waals surface area contributed by atoms with Gasteiger partial charge in [0.15, 0.2) is 12.1 Å². The molecule has 4 heterocycles. The largest absolute Gasteiger partial charge is 0.365 e. The van der Waals surface area contributed by atoms with E-state index in [2.05, 4.69) is 30.0 Å². The maximum absolute atomic E-state index is 14.6. The van der Waals surface area contributed by atoms with Crippen LogP contribution in [0.5, 0.6) is 0 Å². The van der Waals surface area contributed by atoms with E-state index >= 15 is 0 Å². The number of rotatable bonds is 5. The molecule has 0 N–H and O–H groups in total. The van der Waals surface area contributed by atoms with Crippen LogP contribution >= 0.6 is 0 Å². The fourth-order valence-electron chi connectivity index (χ4n) is 4.51. The number of nitrogens with zero attached hydrogens (tertiary/aromatic N) is 8. The van der Waals surface area contributed by atoms with Gasteiger partial charge in [0.25, 0.3) is 0 Å². The first-order valence-electron chi connectivity index (χ1n) is 10.2. The number of piperidine rings is 1. The molecule has 0 radical (unpaired) electrons. The summed E-state index contributed by atoms with van der Waals surface area (Å²) in [5, 5.41) is 8.04. The fourth-order valence-corrected chi connectivity index (χ4v) is 4.51. The van der Waals surface area contributed by atoms with Crippen molar-refractivity contribution in [2.24, 2.45) is 5.92 Å². The molecule has 9 nitrogen and oxygen atoms in total. The number of hydrogen-bond acceptors (Lipinski definition) is 8. The van der Waals surface area contributed by atoms with Crippen LogP contribution in [-0.2, 0) is 0 Å². The molecular formula is C21H23FN8O. The van der Waals surface area contributed by atoms with E-state index in [4.69, 9.17) is 0 Å². The number of aldehydes is 1. The molecule has 2 aliphatic heterocycles. The van der Waals surface area contributed by atoms with Gasteiger partial charge in [0.2, 0.25) is 0 Å². The zero-order valence-electron chi connectivity index (χ0n) is 17.4. The van der Waals surface area contributed by atoms with Gasteiger partial charge in [-0.2, -0.15) is 10.2 Å². The van der Waals surface area contributed by atoms with E-state index in [1.807, 2.05) is 25.1 Å². The van der Waals surface area contributed by atoms with Crippen molar-refractivity contribution < 1.29 is 9.18 Å². The fraction of sp³-hybridized carbons (Fsp3) is 0.381. The zero-order valence-corrected chi connectivity index (χ0v) is 17.4. The third kappa shape index (κ3) is 3.28. The predicted molar refractivity (Wildman–Crippen MR) is 115 cm³/mol. The number of carbonyl (C=O) groups excluding carboxylic acids is 1. The second-order valence-corrected chi connectivity index (χ2v) is 8.11. The van der Waals surface area contributed by atoms with Crippen LogP contribution in [0.2, 0.25) is 0 Å². The Labute approximate surface area is 179 Å². The lowest BCUT2D eigenvalue weighted by atomic mass is 9.81. The van der Waals surface area contributed by atoms with Gasteiger partial charge >= 0.3 is 0 Å². The number of benzene rings is 1. The van der Waals surface area contributed by atoms with Crippen molar-refractivity contribution in [1.29, 1.82) is 0 Å². The van der Waals surface area contributed by atoms with Gasteiger partial charge in [-0.25, -0.2) is 14.4 Å². The van der Waals surface area contributed by atoms with Gasteiger partial charge in [0, 0.05) is 45.7 Å². The number of anilines is 3. The number of fused-ring (bicyclic) bond motifs is 1. The molecule has 0 aliphatic carbocycles. The van der Waals surface area contributed by atoms with E-state index in [9.17, 15) is 9.18 Å². The maximum Gasteiger partial charge on any atom is 0.154 e. The summed E-state index contributed by atoms with van der Waals surface area (Å²) < 4.78 is 14.6.